The van der Waals surface area contributed by atoms with E-state index < -0.39 is 0 Å². The highest BCUT2D eigenvalue weighted by Crippen LogP contribution is 2.28. The molecule has 0 saturated heterocycles. The van der Waals surface area contributed by atoms with Crippen molar-refractivity contribution in [3.8, 4) is 6.07 Å². The average molecular weight is 225 g/mol. The van der Waals surface area contributed by atoms with Gasteiger partial charge in [-0.1, -0.05) is 43.2 Å². The van der Waals surface area contributed by atoms with E-state index in [9.17, 15) is 4.79 Å². The van der Waals surface area contributed by atoms with Gasteiger partial charge in [-0.15, -0.1) is 0 Å². The van der Waals surface area contributed by atoms with E-state index in [1.165, 1.54) is 0 Å². The van der Waals surface area contributed by atoms with E-state index in [1.54, 1.807) is 6.08 Å². The van der Waals surface area contributed by atoms with E-state index in [1.807, 2.05) is 36.4 Å². The van der Waals surface area contributed by atoms with Gasteiger partial charge in [0, 0.05) is 5.92 Å². The lowest BCUT2D eigenvalue weighted by atomic mass is 9.95. The lowest BCUT2D eigenvalue weighted by molar-refractivity contribution is -0.118. The molecule has 1 aliphatic carbocycles. The van der Waals surface area contributed by atoms with Crippen LogP contribution < -0.4 is 0 Å². The van der Waals surface area contributed by atoms with E-state index >= 15 is 0 Å². The molecular formula is C15H15NO. The molecule has 2 rings (SSSR count). The van der Waals surface area contributed by atoms with Gasteiger partial charge in [0.05, 0.1) is 5.57 Å². The van der Waals surface area contributed by atoms with Crippen molar-refractivity contribution < 1.29 is 4.79 Å². The van der Waals surface area contributed by atoms with Crippen LogP contribution in [-0.2, 0) is 4.79 Å². The van der Waals surface area contributed by atoms with Crippen molar-refractivity contribution in [3.05, 3.63) is 41.5 Å². The Labute approximate surface area is 102 Å². The zero-order valence-corrected chi connectivity index (χ0v) is 9.73. The highest BCUT2D eigenvalue weighted by atomic mass is 16.1. The third kappa shape index (κ3) is 2.82. The smallest absolute Gasteiger partial charge is 0.176 e. The summed E-state index contributed by atoms with van der Waals surface area (Å²) in [6, 6.07) is 11.6. The van der Waals surface area contributed by atoms with Gasteiger partial charge in [0.1, 0.15) is 6.07 Å². The van der Waals surface area contributed by atoms with Crippen LogP contribution in [0.1, 0.15) is 31.2 Å². The predicted molar refractivity (Wildman–Crippen MR) is 67.0 cm³/mol. The fourth-order valence-corrected chi connectivity index (χ4v) is 2.28. The lowest BCUT2D eigenvalue weighted by Crippen LogP contribution is -2.12. The quantitative estimate of drug-likeness (QED) is 0.584. The molecule has 0 N–H and O–H groups in total. The maximum absolute atomic E-state index is 12.1. The monoisotopic (exact) mass is 225 g/mol. The third-order valence-corrected chi connectivity index (χ3v) is 3.22. The Morgan fingerprint density at radius 1 is 1.24 bits per heavy atom. The molecule has 1 aromatic rings. The summed E-state index contributed by atoms with van der Waals surface area (Å²) in [6.07, 6.45) is 5.79. The van der Waals surface area contributed by atoms with E-state index in [-0.39, 0.29) is 11.7 Å². The number of carbonyl (C=O) groups is 1. The lowest BCUT2D eigenvalue weighted by Gasteiger charge is -2.06. The molecule has 2 heteroatoms. The number of hydrogen-bond acceptors (Lipinski definition) is 2. The molecule has 86 valence electrons. The van der Waals surface area contributed by atoms with Crippen LogP contribution in [0.2, 0.25) is 0 Å². The SMILES string of the molecule is N#C/C(=C\c1ccccc1)C(=O)C1CCCC1. The van der Waals surface area contributed by atoms with Gasteiger partial charge in [-0.25, -0.2) is 0 Å². The molecule has 0 amide bonds. The number of ketones is 1. The predicted octanol–water partition coefficient (Wildman–Crippen LogP) is 3.35. The molecule has 2 nitrogen and oxygen atoms in total. The van der Waals surface area contributed by atoms with Gasteiger partial charge < -0.3 is 0 Å². The summed E-state index contributed by atoms with van der Waals surface area (Å²) >= 11 is 0. The number of nitriles is 1. The van der Waals surface area contributed by atoms with Crippen LogP contribution in [0.25, 0.3) is 6.08 Å². The van der Waals surface area contributed by atoms with E-state index in [2.05, 4.69) is 0 Å². The van der Waals surface area contributed by atoms with Gasteiger partial charge in [0.15, 0.2) is 5.78 Å². The van der Waals surface area contributed by atoms with E-state index in [4.69, 9.17) is 5.26 Å². The summed E-state index contributed by atoms with van der Waals surface area (Å²) in [5, 5.41) is 9.08. The Morgan fingerprint density at radius 2 is 1.88 bits per heavy atom. The summed E-state index contributed by atoms with van der Waals surface area (Å²) in [7, 11) is 0. The molecular weight excluding hydrogens is 210 g/mol. The standard InChI is InChI=1S/C15H15NO/c16-11-14(10-12-6-2-1-3-7-12)15(17)13-8-4-5-9-13/h1-3,6-7,10,13H,4-5,8-9H2/b14-10+. The van der Waals surface area contributed by atoms with E-state index in [0.717, 1.165) is 31.2 Å². The van der Waals surface area contributed by atoms with Crippen molar-refractivity contribution in [1.29, 1.82) is 5.26 Å². The second-order valence-corrected chi connectivity index (χ2v) is 4.43. The maximum atomic E-state index is 12.1. The topological polar surface area (TPSA) is 40.9 Å². The van der Waals surface area contributed by atoms with Crippen molar-refractivity contribution in [3.63, 3.8) is 0 Å². The molecule has 0 radical (unpaired) electrons. The van der Waals surface area contributed by atoms with Crippen LogP contribution in [0, 0.1) is 17.2 Å². The summed E-state index contributed by atoms with van der Waals surface area (Å²) in [5.74, 6) is 0.0958. The van der Waals surface area contributed by atoms with Crippen LogP contribution in [0.5, 0.6) is 0 Å². The molecule has 1 aromatic carbocycles. The van der Waals surface area contributed by atoms with Gasteiger partial charge in [-0.3, -0.25) is 4.79 Å². The number of rotatable bonds is 3. The van der Waals surface area contributed by atoms with Crippen LogP contribution in [0.4, 0.5) is 0 Å². The number of benzene rings is 1. The number of Topliss-reactive ketones (excluding diaryl/α,β-unsaturated/α-hetero) is 1. The van der Waals surface area contributed by atoms with Gasteiger partial charge in [-0.05, 0) is 24.5 Å². The Bertz CT molecular complexity index is 461. The highest BCUT2D eigenvalue weighted by Gasteiger charge is 2.25. The Morgan fingerprint density at radius 3 is 2.47 bits per heavy atom. The van der Waals surface area contributed by atoms with Crippen molar-refractivity contribution in [1.82, 2.24) is 0 Å². The van der Waals surface area contributed by atoms with Crippen LogP contribution in [0.15, 0.2) is 35.9 Å². The van der Waals surface area contributed by atoms with Gasteiger partial charge in [-0.2, -0.15) is 5.26 Å². The first kappa shape index (κ1) is 11.6. The first-order valence-electron chi connectivity index (χ1n) is 6.02. The van der Waals surface area contributed by atoms with Gasteiger partial charge in [0.25, 0.3) is 0 Å². The molecule has 0 aromatic heterocycles. The molecule has 0 spiro atoms. The maximum Gasteiger partial charge on any atom is 0.176 e. The zero-order valence-electron chi connectivity index (χ0n) is 9.73. The first-order chi connectivity index (χ1) is 8.31. The summed E-state index contributed by atoms with van der Waals surface area (Å²) in [6.45, 7) is 0. The summed E-state index contributed by atoms with van der Waals surface area (Å²) in [5.41, 5.74) is 1.21. The van der Waals surface area contributed by atoms with Crippen molar-refractivity contribution >= 4 is 11.9 Å². The molecule has 0 aliphatic heterocycles. The molecule has 1 fully saturated rings. The number of allylic oxidation sites excluding steroid dienone is 1. The molecule has 1 aliphatic rings. The molecule has 0 unspecified atom stereocenters. The third-order valence-electron chi connectivity index (χ3n) is 3.22. The highest BCUT2D eigenvalue weighted by molar-refractivity contribution is 6.04. The first-order valence-corrected chi connectivity index (χ1v) is 6.02. The second kappa shape index (κ2) is 5.45. The van der Waals surface area contributed by atoms with Crippen molar-refractivity contribution in [2.24, 2.45) is 5.92 Å². The van der Waals surface area contributed by atoms with Gasteiger partial charge >= 0.3 is 0 Å². The van der Waals surface area contributed by atoms with Crippen molar-refractivity contribution in [2.45, 2.75) is 25.7 Å². The number of hydrogen-bond donors (Lipinski definition) is 0. The largest absolute Gasteiger partial charge is 0.293 e. The fraction of sp³-hybridized carbons (Fsp3) is 0.333. The van der Waals surface area contributed by atoms with Crippen LogP contribution in [0.3, 0.4) is 0 Å². The molecule has 0 bridgehead atoms. The normalized spacial score (nSPS) is 16.8. The molecule has 0 atom stereocenters. The average Bonchev–Trinajstić information content (AvgIpc) is 2.90. The minimum Gasteiger partial charge on any atom is -0.293 e. The van der Waals surface area contributed by atoms with Crippen LogP contribution >= 0.6 is 0 Å². The van der Waals surface area contributed by atoms with Gasteiger partial charge in [0.2, 0.25) is 0 Å². The Hall–Kier alpha value is -1.88. The second-order valence-electron chi connectivity index (χ2n) is 4.43. The fourth-order valence-electron chi connectivity index (χ4n) is 2.28. The summed E-state index contributed by atoms with van der Waals surface area (Å²) < 4.78 is 0. The number of carbonyl (C=O) groups excluding carboxylic acids is 1. The molecule has 1 saturated carbocycles. The number of nitrogens with zero attached hydrogens (tertiary/aromatic N) is 1. The minimum absolute atomic E-state index is 0.0221. The van der Waals surface area contributed by atoms with Crippen molar-refractivity contribution in [2.75, 3.05) is 0 Å². The molecule has 17 heavy (non-hydrogen) atoms. The van der Waals surface area contributed by atoms with E-state index in [0.29, 0.717) is 5.57 Å². The zero-order chi connectivity index (χ0) is 12.1. The minimum atomic E-state index is 0.0221. The molecule has 0 heterocycles. The Kier molecular flexibility index (Phi) is 3.72. The van der Waals surface area contributed by atoms with Crippen LogP contribution in [-0.4, -0.2) is 5.78 Å². The Balaban J connectivity index is 2.19. The summed E-state index contributed by atoms with van der Waals surface area (Å²) in [4.78, 5) is 12.1.